The molecule has 1 aromatic carbocycles. The van der Waals surface area contributed by atoms with Gasteiger partial charge in [0.05, 0.1) is 30.8 Å². The van der Waals surface area contributed by atoms with Crippen LogP contribution in [0.1, 0.15) is 43.9 Å². The van der Waals surface area contributed by atoms with Crippen molar-refractivity contribution in [1.82, 2.24) is 14.7 Å². The summed E-state index contributed by atoms with van der Waals surface area (Å²) in [7, 11) is 1.38. The Labute approximate surface area is 204 Å². The molecular formula is C25H30N4O4S. The molecule has 0 aromatic heterocycles. The van der Waals surface area contributed by atoms with Gasteiger partial charge in [0.1, 0.15) is 0 Å². The molecule has 0 bridgehead atoms. The molecule has 0 radical (unpaired) electrons. The summed E-state index contributed by atoms with van der Waals surface area (Å²) >= 11 is 1.47. The summed E-state index contributed by atoms with van der Waals surface area (Å²) in [5.74, 6) is -0.371. The molecule has 180 valence electrons. The van der Waals surface area contributed by atoms with Crippen molar-refractivity contribution < 1.29 is 19.1 Å². The molecule has 3 heterocycles. The first-order valence-electron chi connectivity index (χ1n) is 11.5. The molecule has 9 heteroatoms. The van der Waals surface area contributed by atoms with Gasteiger partial charge < -0.3 is 19.4 Å². The van der Waals surface area contributed by atoms with Crippen LogP contribution in [-0.2, 0) is 19.1 Å². The van der Waals surface area contributed by atoms with E-state index in [1.54, 1.807) is 16.7 Å². The number of carbonyl (C=O) groups excluding carboxylic acids is 3. The van der Waals surface area contributed by atoms with Gasteiger partial charge >= 0.3 is 5.97 Å². The topological polar surface area (TPSA) is 82.5 Å². The second-order valence-electron chi connectivity index (χ2n) is 8.58. The zero-order chi connectivity index (χ0) is 24.4. The molecule has 8 nitrogen and oxygen atoms in total. The number of hydrogen-bond acceptors (Lipinski definition) is 7. The molecule has 0 saturated carbocycles. The van der Waals surface area contributed by atoms with Crippen molar-refractivity contribution in [2.45, 2.75) is 39.7 Å². The van der Waals surface area contributed by atoms with Crippen molar-refractivity contribution in [3.05, 3.63) is 57.8 Å². The van der Waals surface area contributed by atoms with Gasteiger partial charge in [-0.05, 0) is 24.3 Å². The first kappa shape index (κ1) is 24.1. The highest BCUT2D eigenvalue weighted by molar-refractivity contribution is 8.16. The predicted molar refractivity (Wildman–Crippen MR) is 132 cm³/mol. The number of methoxy groups -OCH3 is 1. The summed E-state index contributed by atoms with van der Waals surface area (Å²) in [6.45, 7) is 7.69. The third-order valence-electron chi connectivity index (χ3n) is 6.40. The Kier molecular flexibility index (Phi) is 7.11. The van der Waals surface area contributed by atoms with E-state index in [9.17, 15) is 14.4 Å². The number of aryl methyl sites for hydroxylation is 1. The van der Waals surface area contributed by atoms with E-state index in [2.05, 4.69) is 6.07 Å². The lowest BCUT2D eigenvalue weighted by atomic mass is 9.92. The number of nitrogens with zero attached hydrogens (tertiary/aromatic N) is 4. The van der Waals surface area contributed by atoms with Crippen LogP contribution in [0.2, 0.25) is 0 Å². The number of piperazine rings is 1. The van der Waals surface area contributed by atoms with Crippen LogP contribution < -0.4 is 0 Å². The van der Waals surface area contributed by atoms with Gasteiger partial charge in [-0.2, -0.15) is 0 Å². The van der Waals surface area contributed by atoms with E-state index in [1.807, 2.05) is 42.4 Å². The van der Waals surface area contributed by atoms with E-state index >= 15 is 0 Å². The third-order valence-corrected chi connectivity index (χ3v) is 7.29. The minimum absolute atomic E-state index is 0.00387. The number of ether oxygens (including phenoxy) is 1. The van der Waals surface area contributed by atoms with Crippen molar-refractivity contribution in [3.63, 3.8) is 0 Å². The van der Waals surface area contributed by atoms with Crippen molar-refractivity contribution in [2.24, 2.45) is 4.99 Å². The fraction of sp³-hybridized carbons (Fsp3) is 0.440. The molecule has 0 spiro atoms. The number of amidine groups is 1. The maximum atomic E-state index is 13.2. The van der Waals surface area contributed by atoms with Crippen LogP contribution in [0.4, 0.5) is 0 Å². The molecule has 1 aromatic rings. The van der Waals surface area contributed by atoms with Crippen LogP contribution in [0, 0.1) is 6.92 Å². The third kappa shape index (κ3) is 4.61. The van der Waals surface area contributed by atoms with Crippen molar-refractivity contribution in [1.29, 1.82) is 0 Å². The highest BCUT2D eigenvalue weighted by atomic mass is 32.2. The van der Waals surface area contributed by atoms with Crippen LogP contribution in [0.25, 0.3) is 0 Å². The van der Waals surface area contributed by atoms with Gasteiger partial charge in [0.2, 0.25) is 11.8 Å². The largest absolute Gasteiger partial charge is 0.466 e. The summed E-state index contributed by atoms with van der Waals surface area (Å²) in [5, 5.41) is 2.72. The number of rotatable bonds is 5. The summed E-state index contributed by atoms with van der Waals surface area (Å²) in [6.07, 6.45) is 0.795. The number of benzene rings is 1. The summed E-state index contributed by atoms with van der Waals surface area (Å²) in [6, 6.07) is 7.64. The molecule has 0 aliphatic carbocycles. The summed E-state index contributed by atoms with van der Waals surface area (Å²) in [4.78, 5) is 48.1. The lowest BCUT2D eigenvalue weighted by molar-refractivity contribution is -0.138. The van der Waals surface area contributed by atoms with Gasteiger partial charge in [-0.3, -0.25) is 9.59 Å². The SMILES string of the molecule is CCC1=C(C(=O)OC)[C@H](c2cccc(C)c2)N2C(CC(=O)N3CCN(C(C)=O)CC3)=CSC2=N1. The molecule has 3 aliphatic rings. The minimum Gasteiger partial charge on any atom is -0.466 e. The molecule has 1 atom stereocenters. The Bertz CT molecular complexity index is 1100. The van der Waals surface area contributed by atoms with E-state index in [1.165, 1.54) is 18.9 Å². The Hall–Kier alpha value is -3.07. The Morgan fingerprint density at radius 1 is 1.15 bits per heavy atom. The zero-order valence-corrected chi connectivity index (χ0v) is 20.9. The predicted octanol–water partition coefficient (Wildman–Crippen LogP) is 3.21. The maximum absolute atomic E-state index is 13.2. The number of fused-ring (bicyclic) bond motifs is 1. The molecule has 1 fully saturated rings. The fourth-order valence-electron chi connectivity index (χ4n) is 4.61. The molecule has 4 rings (SSSR count). The molecule has 0 N–H and O–H groups in total. The number of aliphatic imine (C=N–C) groups is 1. The highest BCUT2D eigenvalue weighted by Gasteiger charge is 2.41. The smallest absolute Gasteiger partial charge is 0.338 e. The standard InChI is InChI=1S/C25H30N4O4S/c1-5-20-22(24(32)33-4)23(18-8-6-7-16(2)13-18)29-19(15-34-25(29)26-20)14-21(31)28-11-9-27(10-12-28)17(3)30/h6-8,13,15,23H,5,9-12,14H2,1-4H3/t23-/m0/s1. The van der Waals surface area contributed by atoms with Gasteiger partial charge in [-0.1, -0.05) is 48.5 Å². The number of amides is 2. The lowest BCUT2D eigenvalue weighted by Gasteiger charge is -2.38. The molecular weight excluding hydrogens is 452 g/mol. The van der Waals surface area contributed by atoms with E-state index in [4.69, 9.17) is 9.73 Å². The van der Waals surface area contributed by atoms with E-state index in [0.717, 1.165) is 22.0 Å². The lowest BCUT2D eigenvalue weighted by Crippen LogP contribution is -2.50. The fourth-order valence-corrected chi connectivity index (χ4v) is 5.54. The molecule has 0 unspecified atom stereocenters. The van der Waals surface area contributed by atoms with E-state index < -0.39 is 12.0 Å². The Morgan fingerprint density at radius 3 is 2.47 bits per heavy atom. The van der Waals surface area contributed by atoms with Crippen LogP contribution in [-0.4, -0.2) is 70.9 Å². The van der Waals surface area contributed by atoms with E-state index in [0.29, 0.717) is 43.9 Å². The molecule has 3 aliphatic heterocycles. The molecule has 1 saturated heterocycles. The van der Waals surface area contributed by atoms with Gasteiger partial charge in [0.15, 0.2) is 5.17 Å². The minimum atomic E-state index is -0.418. The van der Waals surface area contributed by atoms with Crippen LogP contribution >= 0.6 is 11.8 Å². The maximum Gasteiger partial charge on any atom is 0.338 e. The van der Waals surface area contributed by atoms with Crippen molar-refractivity contribution in [2.75, 3.05) is 33.3 Å². The monoisotopic (exact) mass is 482 g/mol. The van der Waals surface area contributed by atoms with Crippen LogP contribution in [0.5, 0.6) is 0 Å². The van der Waals surface area contributed by atoms with Gasteiger partial charge in [-0.25, -0.2) is 9.79 Å². The molecule has 2 amide bonds. The zero-order valence-electron chi connectivity index (χ0n) is 20.0. The summed E-state index contributed by atoms with van der Waals surface area (Å²) in [5.41, 5.74) is 4.06. The molecule has 34 heavy (non-hydrogen) atoms. The average molecular weight is 483 g/mol. The summed E-state index contributed by atoms with van der Waals surface area (Å²) < 4.78 is 5.17. The number of esters is 1. The average Bonchev–Trinajstić information content (AvgIpc) is 3.24. The normalized spacial score (nSPS) is 20.1. The number of carbonyl (C=O) groups is 3. The van der Waals surface area contributed by atoms with Gasteiger partial charge in [0.25, 0.3) is 0 Å². The van der Waals surface area contributed by atoms with Crippen molar-refractivity contribution in [3.8, 4) is 0 Å². The first-order valence-corrected chi connectivity index (χ1v) is 12.4. The Morgan fingerprint density at radius 2 is 1.85 bits per heavy atom. The quantitative estimate of drug-likeness (QED) is 0.600. The van der Waals surface area contributed by atoms with Crippen LogP contribution in [0.3, 0.4) is 0 Å². The second kappa shape index (κ2) is 10.0. The first-order chi connectivity index (χ1) is 16.3. The van der Waals surface area contributed by atoms with Crippen molar-refractivity contribution >= 4 is 34.7 Å². The highest BCUT2D eigenvalue weighted by Crippen LogP contribution is 2.45. The van der Waals surface area contributed by atoms with Gasteiger partial charge in [-0.15, -0.1) is 0 Å². The van der Waals surface area contributed by atoms with Gasteiger partial charge in [0, 0.05) is 38.8 Å². The Balaban J connectivity index is 1.64. The number of allylic oxidation sites excluding steroid dienone is 1. The number of hydrogen-bond donors (Lipinski definition) is 0. The van der Waals surface area contributed by atoms with E-state index in [-0.39, 0.29) is 18.2 Å². The van der Waals surface area contributed by atoms with Crippen LogP contribution in [0.15, 0.2) is 51.6 Å². The second-order valence-corrected chi connectivity index (χ2v) is 9.41. The number of thioether (sulfide) groups is 1.